The van der Waals surface area contributed by atoms with Crippen LogP contribution in [-0.2, 0) is 14.8 Å². The molecule has 1 N–H and O–H groups in total. The highest BCUT2D eigenvalue weighted by Crippen LogP contribution is 2.20. The minimum Gasteiger partial charge on any atom is -0.369 e. The molecule has 27 heavy (non-hydrogen) atoms. The Morgan fingerprint density at radius 3 is 2.48 bits per heavy atom. The van der Waals surface area contributed by atoms with E-state index in [0.717, 1.165) is 45.6 Å². The second-order valence-corrected chi connectivity index (χ2v) is 9.28. The lowest BCUT2D eigenvalue weighted by molar-refractivity contribution is -0.124. The number of para-hydroxylation sites is 1. The van der Waals surface area contributed by atoms with Crippen molar-refractivity contribution < 1.29 is 13.2 Å². The molecule has 1 atom stereocenters. The van der Waals surface area contributed by atoms with Crippen molar-refractivity contribution in [1.29, 1.82) is 0 Å². The zero-order valence-electron chi connectivity index (χ0n) is 16.0. The first-order chi connectivity index (χ1) is 12.9. The number of hydrogen-bond acceptors (Lipinski definition) is 5. The quantitative estimate of drug-likeness (QED) is 0.691. The predicted octanol–water partition coefficient (Wildman–Crippen LogP) is 0.739. The number of amides is 1. The molecule has 1 aromatic rings. The molecule has 2 aliphatic rings. The number of hydrogen-bond donors (Lipinski definition) is 1. The Hall–Kier alpha value is -1.64. The fourth-order valence-corrected chi connectivity index (χ4v) is 5.02. The molecule has 8 heteroatoms. The second kappa shape index (κ2) is 9.03. The Morgan fingerprint density at radius 1 is 1.11 bits per heavy atom. The van der Waals surface area contributed by atoms with Crippen molar-refractivity contribution >= 4 is 21.6 Å². The molecule has 0 bridgehead atoms. The molecule has 0 spiro atoms. The summed E-state index contributed by atoms with van der Waals surface area (Å²) >= 11 is 0. The maximum atomic E-state index is 12.3. The fourth-order valence-electron chi connectivity index (χ4n) is 3.90. The van der Waals surface area contributed by atoms with Gasteiger partial charge in [-0.25, -0.2) is 8.42 Å². The lowest BCUT2D eigenvalue weighted by Gasteiger charge is -2.36. The van der Waals surface area contributed by atoms with Crippen LogP contribution in [-0.4, -0.2) is 81.6 Å². The number of rotatable bonds is 7. The van der Waals surface area contributed by atoms with Crippen LogP contribution in [0.2, 0.25) is 0 Å². The third-order valence-corrected chi connectivity index (χ3v) is 6.67. The highest BCUT2D eigenvalue weighted by atomic mass is 32.2. The summed E-state index contributed by atoms with van der Waals surface area (Å²) < 4.78 is 24.8. The van der Waals surface area contributed by atoms with E-state index in [9.17, 15) is 13.2 Å². The summed E-state index contributed by atoms with van der Waals surface area (Å²) in [5.74, 6) is -0.160. The molecule has 2 aliphatic heterocycles. The van der Waals surface area contributed by atoms with Gasteiger partial charge in [0, 0.05) is 45.0 Å². The van der Waals surface area contributed by atoms with E-state index in [4.69, 9.17) is 0 Å². The smallest absolute Gasteiger partial charge is 0.238 e. The zero-order valence-corrected chi connectivity index (χ0v) is 16.8. The molecule has 1 amide bonds. The summed E-state index contributed by atoms with van der Waals surface area (Å²) in [6.45, 7) is 6.06. The molecule has 0 aromatic heterocycles. The van der Waals surface area contributed by atoms with E-state index in [2.05, 4.69) is 39.4 Å². The van der Waals surface area contributed by atoms with Gasteiger partial charge in [-0.3, -0.25) is 9.69 Å². The molecular weight excluding hydrogens is 364 g/mol. The van der Waals surface area contributed by atoms with Crippen molar-refractivity contribution in [2.24, 2.45) is 0 Å². The summed E-state index contributed by atoms with van der Waals surface area (Å²) in [6, 6.07) is 9.94. The van der Waals surface area contributed by atoms with Gasteiger partial charge in [-0.2, -0.15) is 4.31 Å². The lowest BCUT2D eigenvalue weighted by Crippen LogP contribution is -2.48. The molecule has 1 unspecified atom stereocenters. The summed E-state index contributed by atoms with van der Waals surface area (Å²) in [6.07, 6.45) is 3.41. The van der Waals surface area contributed by atoms with E-state index in [-0.39, 0.29) is 5.91 Å². The Bertz CT molecular complexity index is 718. The summed E-state index contributed by atoms with van der Waals surface area (Å²) in [7, 11) is -3.31. The molecule has 2 heterocycles. The standard InChI is InChI=1S/C19H30N4O3S/c1-27(25,26)23-12-5-9-18(23)19(24)20-10-6-11-21-13-15-22(16-14-21)17-7-3-2-4-8-17/h2-4,7-8,18H,5-6,9-16H2,1H3,(H,20,24). The minimum absolute atomic E-state index is 0.160. The lowest BCUT2D eigenvalue weighted by atomic mass is 10.2. The molecular formula is C19H30N4O3S. The van der Waals surface area contributed by atoms with Crippen molar-refractivity contribution in [2.75, 3.05) is 57.0 Å². The number of sulfonamides is 1. The molecule has 1 aromatic carbocycles. The molecule has 2 fully saturated rings. The van der Waals surface area contributed by atoms with Crippen LogP contribution < -0.4 is 10.2 Å². The van der Waals surface area contributed by atoms with E-state index >= 15 is 0 Å². The third-order valence-electron chi connectivity index (χ3n) is 5.38. The SMILES string of the molecule is CS(=O)(=O)N1CCCC1C(=O)NCCCN1CCN(c2ccccc2)CC1. The van der Waals surface area contributed by atoms with Crippen LogP contribution in [0.4, 0.5) is 5.69 Å². The van der Waals surface area contributed by atoms with Gasteiger partial charge in [0.15, 0.2) is 0 Å². The first-order valence-corrected chi connectivity index (χ1v) is 11.6. The van der Waals surface area contributed by atoms with Crippen LogP contribution in [0.1, 0.15) is 19.3 Å². The van der Waals surface area contributed by atoms with Crippen LogP contribution in [0.5, 0.6) is 0 Å². The fraction of sp³-hybridized carbons (Fsp3) is 0.632. The van der Waals surface area contributed by atoms with Gasteiger partial charge in [0.05, 0.1) is 6.26 Å². The van der Waals surface area contributed by atoms with Crippen LogP contribution in [0.3, 0.4) is 0 Å². The molecule has 7 nitrogen and oxygen atoms in total. The monoisotopic (exact) mass is 394 g/mol. The number of nitrogens with zero attached hydrogens (tertiary/aromatic N) is 3. The molecule has 0 aliphatic carbocycles. The van der Waals surface area contributed by atoms with E-state index in [1.807, 2.05) is 6.07 Å². The molecule has 0 saturated carbocycles. The van der Waals surface area contributed by atoms with Crippen molar-refractivity contribution in [3.05, 3.63) is 30.3 Å². The van der Waals surface area contributed by atoms with Crippen LogP contribution in [0, 0.1) is 0 Å². The minimum atomic E-state index is -3.31. The first kappa shape index (κ1) is 20.1. The number of carbonyl (C=O) groups is 1. The second-order valence-electron chi connectivity index (χ2n) is 7.34. The number of piperazine rings is 1. The summed E-state index contributed by atoms with van der Waals surface area (Å²) in [5, 5.41) is 2.92. The summed E-state index contributed by atoms with van der Waals surface area (Å²) in [4.78, 5) is 17.1. The Balaban J connectivity index is 1.34. The maximum Gasteiger partial charge on any atom is 0.238 e. The normalized spacial score (nSPS) is 22.1. The van der Waals surface area contributed by atoms with Gasteiger partial charge in [0.2, 0.25) is 15.9 Å². The van der Waals surface area contributed by atoms with Gasteiger partial charge < -0.3 is 10.2 Å². The zero-order chi connectivity index (χ0) is 19.3. The Labute approximate surface area is 162 Å². The van der Waals surface area contributed by atoms with E-state index in [0.29, 0.717) is 19.5 Å². The van der Waals surface area contributed by atoms with E-state index in [1.54, 1.807) is 0 Å². The predicted molar refractivity (Wildman–Crippen MR) is 107 cm³/mol. The van der Waals surface area contributed by atoms with E-state index < -0.39 is 16.1 Å². The average molecular weight is 395 g/mol. The van der Waals surface area contributed by atoms with Crippen LogP contribution in [0.25, 0.3) is 0 Å². The first-order valence-electron chi connectivity index (χ1n) is 9.72. The van der Waals surface area contributed by atoms with Crippen LogP contribution in [0.15, 0.2) is 30.3 Å². The third kappa shape index (κ3) is 5.43. The van der Waals surface area contributed by atoms with Crippen molar-refractivity contribution in [2.45, 2.75) is 25.3 Å². The van der Waals surface area contributed by atoms with Gasteiger partial charge in [-0.05, 0) is 37.9 Å². The van der Waals surface area contributed by atoms with Crippen molar-refractivity contribution in [3.8, 4) is 0 Å². The van der Waals surface area contributed by atoms with Gasteiger partial charge in [0.1, 0.15) is 6.04 Å². The summed E-state index contributed by atoms with van der Waals surface area (Å²) in [5.41, 5.74) is 1.27. The van der Waals surface area contributed by atoms with E-state index in [1.165, 1.54) is 16.2 Å². The topological polar surface area (TPSA) is 73.0 Å². The van der Waals surface area contributed by atoms with Crippen molar-refractivity contribution in [3.63, 3.8) is 0 Å². The number of nitrogens with one attached hydrogen (secondary N) is 1. The Kier molecular flexibility index (Phi) is 6.73. The highest BCUT2D eigenvalue weighted by Gasteiger charge is 2.36. The van der Waals surface area contributed by atoms with Crippen LogP contribution >= 0.6 is 0 Å². The molecule has 3 rings (SSSR count). The molecule has 0 radical (unpaired) electrons. The van der Waals surface area contributed by atoms with Gasteiger partial charge in [0.25, 0.3) is 0 Å². The Morgan fingerprint density at radius 2 is 1.81 bits per heavy atom. The number of benzene rings is 1. The highest BCUT2D eigenvalue weighted by molar-refractivity contribution is 7.88. The van der Waals surface area contributed by atoms with Gasteiger partial charge in [-0.15, -0.1) is 0 Å². The van der Waals surface area contributed by atoms with Gasteiger partial charge in [-0.1, -0.05) is 18.2 Å². The number of carbonyl (C=O) groups excluding carboxylic acids is 1. The van der Waals surface area contributed by atoms with Gasteiger partial charge >= 0.3 is 0 Å². The number of anilines is 1. The average Bonchev–Trinajstić information content (AvgIpc) is 3.17. The molecule has 150 valence electrons. The maximum absolute atomic E-state index is 12.3. The largest absolute Gasteiger partial charge is 0.369 e. The van der Waals surface area contributed by atoms with Crippen molar-refractivity contribution in [1.82, 2.24) is 14.5 Å². The molecule has 2 saturated heterocycles.